The molecule has 138 valence electrons. The standard InChI is InChI=1S/C17H23Cl2N3O3/c1-4-7-20-14(23)9-21-17(25)15(10(2)3)22-16(24)12-6-5-11(18)8-13(12)19/h5-6,8,10,15H,4,7,9H2,1-3H3,(H,20,23)(H,21,25)(H,22,24)/t15-/m1/s1. The predicted molar refractivity (Wildman–Crippen MR) is 98.9 cm³/mol. The third-order valence-electron chi connectivity index (χ3n) is 3.41. The number of benzene rings is 1. The van der Waals surface area contributed by atoms with E-state index in [4.69, 9.17) is 23.2 Å². The van der Waals surface area contributed by atoms with Crippen LogP contribution in [-0.4, -0.2) is 36.9 Å². The van der Waals surface area contributed by atoms with Crippen LogP contribution in [-0.2, 0) is 9.59 Å². The van der Waals surface area contributed by atoms with Gasteiger partial charge in [0, 0.05) is 11.6 Å². The fourth-order valence-electron chi connectivity index (χ4n) is 2.03. The summed E-state index contributed by atoms with van der Waals surface area (Å²) in [7, 11) is 0. The number of hydrogen-bond donors (Lipinski definition) is 3. The fraction of sp³-hybridized carbons (Fsp3) is 0.471. The fourth-order valence-corrected chi connectivity index (χ4v) is 2.53. The van der Waals surface area contributed by atoms with Crippen LogP contribution >= 0.6 is 23.2 Å². The van der Waals surface area contributed by atoms with Crippen LogP contribution < -0.4 is 16.0 Å². The molecule has 1 aromatic rings. The molecule has 1 rings (SSSR count). The number of amides is 3. The Balaban J connectivity index is 2.71. The van der Waals surface area contributed by atoms with Crippen LogP contribution in [0, 0.1) is 5.92 Å². The number of nitrogens with one attached hydrogen (secondary N) is 3. The quantitative estimate of drug-likeness (QED) is 0.639. The van der Waals surface area contributed by atoms with Crippen LogP contribution in [0.25, 0.3) is 0 Å². The van der Waals surface area contributed by atoms with Gasteiger partial charge in [-0.05, 0) is 30.5 Å². The van der Waals surface area contributed by atoms with E-state index >= 15 is 0 Å². The monoisotopic (exact) mass is 387 g/mol. The molecule has 6 nitrogen and oxygen atoms in total. The van der Waals surface area contributed by atoms with Gasteiger partial charge in [0.15, 0.2) is 0 Å². The SMILES string of the molecule is CCCNC(=O)CNC(=O)[C@H](NC(=O)c1ccc(Cl)cc1Cl)C(C)C. The van der Waals surface area contributed by atoms with Gasteiger partial charge in [0.25, 0.3) is 5.91 Å². The lowest BCUT2D eigenvalue weighted by Crippen LogP contribution is -2.51. The molecule has 0 unspecified atom stereocenters. The van der Waals surface area contributed by atoms with Crippen molar-refractivity contribution in [3.63, 3.8) is 0 Å². The normalized spacial score (nSPS) is 11.8. The predicted octanol–water partition coefficient (Wildman–Crippen LogP) is 2.39. The Bertz CT molecular complexity index is 636. The van der Waals surface area contributed by atoms with Gasteiger partial charge >= 0.3 is 0 Å². The first-order valence-corrected chi connectivity index (χ1v) is 8.82. The first kappa shape index (κ1) is 21.3. The molecule has 8 heteroatoms. The summed E-state index contributed by atoms with van der Waals surface area (Å²) < 4.78 is 0. The van der Waals surface area contributed by atoms with E-state index in [-0.39, 0.29) is 29.0 Å². The second kappa shape index (κ2) is 10.3. The topological polar surface area (TPSA) is 87.3 Å². The van der Waals surface area contributed by atoms with Gasteiger partial charge < -0.3 is 16.0 Å². The van der Waals surface area contributed by atoms with E-state index in [0.717, 1.165) is 6.42 Å². The summed E-state index contributed by atoms with van der Waals surface area (Å²) in [6.07, 6.45) is 0.812. The van der Waals surface area contributed by atoms with Crippen molar-refractivity contribution in [2.24, 2.45) is 5.92 Å². The maximum absolute atomic E-state index is 12.4. The van der Waals surface area contributed by atoms with Crippen molar-refractivity contribution in [3.8, 4) is 0 Å². The minimum absolute atomic E-state index is 0.139. The first-order valence-electron chi connectivity index (χ1n) is 8.06. The third kappa shape index (κ3) is 6.92. The highest BCUT2D eigenvalue weighted by Crippen LogP contribution is 2.21. The lowest BCUT2D eigenvalue weighted by molar-refractivity contribution is -0.127. The second-order valence-corrected chi connectivity index (χ2v) is 6.73. The summed E-state index contributed by atoms with van der Waals surface area (Å²) in [5.41, 5.74) is 0.227. The van der Waals surface area contributed by atoms with Crippen molar-refractivity contribution in [1.82, 2.24) is 16.0 Å². The molecule has 1 atom stereocenters. The highest BCUT2D eigenvalue weighted by Gasteiger charge is 2.25. The van der Waals surface area contributed by atoms with E-state index in [1.807, 2.05) is 6.92 Å². The molecule has 1 aromatic carbocycles. The van der Waals surface area contributed by atoms with Gasteiger partial charge in [-0.1, -0.05) is 44.0 Å². The van der Waals surface area contributed by atoms with Gasteiger partial charge in [-0.25, -0.2) is 0 Å². The van der Waals surface area contributed by atoms with Gasteiger partial charge in [-0.2, -0.15) is 0 Å². The molecule has 0 aliphatic carbocycles. The zero-order valence-corrected chi connectivity index (χ0v) is 16.0. The maximum Gasteiger partial charge on any atom is 0.253 e. The van der Waals surface area contributed by atoms with Crippen LogP contribution in [0.15, 0.2) is 18.2 Å². The minimum atomic E-state index is -0.793. The Morgan fingerprint density at radius 2 is 1.80 bits per heavy atom. The van der Waals surface area contributed by atoms with Gasteiger partial charge in [0.2, 0.25) is 11.8 Å². The molecule has 0 aliphatic heterocycles. The summed E-state index contributed by atoms with van der Waals surface area (Å²) in [6.45, 7) is 5.94. The summed E-state index contributed by atoms with van der Waals surface area (Å²) in [5, 5.41) is 8.46. The van der Waals surface area contributed by atoms with Gasteiger partial charge in [-0.15, -0.1) is 0 Å². The molecule has 3 amide bonds. The molecule has 0 fully saturated rings. The van der Waals surface area contributed by atoms with Crippen molar-refractivity contribution in [2.75, 3.05) is 13.1 Å². The highest BCUT2D eigenvalue weighted by molar-refractivity contribution is 6.36. The van der Waals surface area contributed by atoms with Crippen LogP contribution in [0.3, 0.4) is 0 Å². The zero-order chi connectivity index (χ0) is 19.0. The van der Waals surface area contributed by atoms with Crippen LogP contribution in [0.1, 0.15) is 37.6 Å². The number of hydrogen-bond acceptors (Lipinski definition) is 3. The van der Waals surface area contributed by atoms with Crippen molar-refractivity contribution < 1.29 is 14.4 Å². The largest absolute Gasteiger partial charge is 0.355 e. The van der Waals surface area contributed by atoms with E-state index in [1.165, 1.54) is 12.1 Å². The van der Waals surface area contributed by atoms with Crippen molar-refractivity contribution >= 4 is 40.9 Å². The molecule has 0 spiro atoms. The highest BCUT2D eigenvalue weighted by atomic mass is 35.5. The summed E-state index contributed by atoms with van der Waals surface area (Å²) in [5.74, 6) is -1.36. The third-order valence-corrected chi connectivity index (χ3v) is 3.95. The number of halogens is 2. The molecule has 0 heterocycles. The van der Waals surface area contributed by atoms with E-state index in [2.05, 4.69) is 16.0 Å². The van der Waals surface area contributed by atoms with E-state index in [1.54, 1.807) is 19.9 Å². The van der Waals surface area contributed by atoms with E-state index in [9.17, 15) is 14.4 Å². The molecule has 0 aromatic heterocycles. The van der Waals surface area contributed by atoms with Gasteiger partial charge in [-0.3, -0.25) is 14.4 Å². The maximum atomic E-state index is 12.4. The summed E-state index contributed by atoms with van der Waals surface area (Å²) in [4.78, 5) is 36.3. The Hall–Kier alpha value is -1.79. The molecular formula is C17H23Cl2N3O3. The number of rotatable bonds is 8. The van der Waals surface area contributed by atoms with E-state index in [0.29, 0.717) is 11.6 Å². The molecule has 3 N–H and O–H groups in total. The lowest BCUT2D eigenvalue weighted by Gasteiger charge is -2.22. The second-order valence-electron chi connectivity index (χ2n) is 5.89. The lowest BCUT2D eigenvalue weighted by atomic mass is 10.0. The Morgan fingerprint density at radius 3 is 2.36 bits per heavy atom. The van der Waals surface area contributed by atoms with E-state index < -0.39 is 17.9 Å². The van der Waals surface area contributed by atoms with Crippen molar-refractivity contribution in [3.05, 3.63) is 33.8 Å². The van der Waals surface area contributed by atoms with Gasteiger partial charge in [0.05, 0.1) is 17.1 Å². The molecular weight excluding hydrogens is 365 g/mol. The molecule has 0 saturated carbocycles. The minimum Gasteiger partial charge on any atom is -0.355 e. The van der Waals surface area contributed by atoms with Crippen LogP contribution in [0.5, 0.6) is 0 Å². The molecule has 0 aliphatic rings. The van der Waals surface area contributed by atoms with Crippen LogP contribution in [0.4, 0.5) is 0 Å². The Kier molecular flexibility index (Phi) is 8.72. The van der Waals surface area contributed by atoms with Crippen molar-refractivity contribution in [1.29, 1.82) is 0 Å². The zero-order valence-electron chi connectivity index (χ0n) is 14.5. The Morgan fingerprint density at radius 1 is 1.12 bits per heavy atom. The average molecular weight is 388 g/mol. The van der Waals surface area contributed by atoms with Gasteiger partial charge in [0.1, 0.15) is 6.04 Å². The Labute approximate surface area is 157 Å². The number of carbonyl (C=O) groups is 3. The molecule has 0 radical (unpaired) electrons. The summed E-state index contributed by atoms with van der Waals surface area (Å²) >= 11 is 11.8. The number of carbonyl (C=O) groups excluding carboxylic acids is 3. The van der Waals surface area contributed by atoms with Crippen LogP contribution in [0.2, 0.25) is 10.0 Å². The summed E-state index contributed by atoms with van der Waals surface area (Å²) in [6, 6.07) is 3.71. The molecule has 25 heavy (non-hydrogen) atoms. The first-order chi connectivity index (χ1) is 11.8. The molecule has 0 saturated heterocycles. The average Bonchev–Trinajstić information content (AvgIpc) is 2.55. The smallest absolute Gasteiger partial charge is 0.253 e. The molecule has 0 bridgehead atoms. The van der Waals surface area contributed by atoms with Crippen molar-refractivity contribution in [2.45, 2.75) is 33.2 Å².